The highest BCUT2D eigenvalue weighted by Gasteiger charge is 2.45. The predicted octanol–water partition coefficient (Wildman–Crippen LogP) is 2.54. The maximum atomic E-state index is 12.1. The minimum atomic E-state index is -0.874. The second-order valence-corrected chi connectivity index (χ2v) is 6.48. The molecule has 0 bridgehead atoms. The van der Waals surface area contributed by atoms with Crippen molar-refractivity contribution in [2.24, 2.45) is 5.41 Å². The molecule has 22 heavy (non-hydrogen) atoms. The van der Waals surface area contributed by atoms with Gasteiger partial charge in [-0.15, -0.1) is 0 Å². The molecule has 0 atom stereocenters. The van der Waals surface area contributed by atoms with Crippen LogP contribution in [0.2, 0.25) is 5.02 Å². The molecule has 0 spiro atoms. The summed E-state index contributed by atoms with van der Waals surface area (Å²) in [4.78, 5) is 23.4. The number of rotatable bonds is 5. The number of carboxylic acid groups (broad SMARTS) is 1. The molecule has 6 heteroatoms. The minimum absolute atomic E-state index is 0.0337. The predicted molar refractivity (Wildman–Crippen MR) is 81.0 cm³/mol. The van der Waals surface area contributed by atoms with Gasteiger partial charge in [0.05, 0.1) is 12.0 Å². The van der Waals surface area contributed by atoms with E-state index in [-0.39, 0.29) is 12.3 Å². The number of carbonyl (C=O) groups is 2. The first kappa shape index (κ1) is 15.2. The molecule has 1 amide bonds. The number of hydrogen-bond donors (Lipinski definition) is 2. The number of carboxylic acids is 1. The van der Waals surface area contributed by atoms with Crippen molar-refractivity contribution in [1.29, 1.82) is 0 Å². The summed E-state index contributed by atoms with van der Waals surface area (Å²) < 4.78 is 5.58. The third kappa shape index (κ3) is 2.77. The van der Waals surface area contributed by atoms with E-state index in [2.05, 4.69) is 5.32 Å². The van der Waals surface area contributed by atoms with Crippen LogP contribution < -0.4 is 10.1 Å². The molecule has 2 aliphatic rings. The van der Waals surface area contributed by atoms with Crippen LogP contribution in [0.4, 0.5) is 0 Å². The lowest BCUT2D eigenvalue weighted by molar-refractivity contribution is -0.157. The lowest BCUT2D eigenvalue weighted by Crippen LogP contribution is -2.42. The number of carbonyl (C=O) groups excluding carboxylic acids is 1. The van der Waals surface area contributed by atoms with Crippen LogP contribution in [0.3, 0.4) is 0 Å². The number of halogens is 1. The summed E-state index contributed by atoms with van der Waals surface area (Å²) >= 11 is 6.08. The highest BCUT2D eigenvalue weighted by atomic mass is 35.5. The van der Waals surface area contributed by atoms with Gasteiger partial charge in [0.1, 0.15) is 5.75 Å². The van der Waals surface area contributed by atoms with Crippen molar-refractivity contribution >= 4 is 23.5 Å². The highest BCUT2D eigenvalue weighted by Crippen LogP contribution is 2.44. The Kier molecular flexibility index (Phi) is 4.00. The molecule has 3 rings (SSSR count). The fourth-order valence-corrected chi connectivity index (χ4v) is 3.37. The monoisotopic (exact) mass is 323 g/mol. The molecule has 5 nitrogen and oxygen atoms in total. The normalized spacial score (nSPS) is 18.0. The standard InChI is InChI=1S/C16H18ClNO4/c17-12-6-10-2-5-22-14(10)11(7-12)9-18-13(19)8-16(15(20)21)3-1-4-16/h6-7H,1-5,8-9H2,(H,18,19)(H,20,21). The molecule has 0 aromatic heterocycles. The molecular formula is C16H18ClNO4. The van der Waals surface area contributed by atoms with Gasteiger partial charge in [-0.3, -0.25) is 9.59 Å². The smallest absolute Gasteiger partial charge is 0.310 e. The molecule has 1 heterocycles. The molecule has 1 aromatic rings. The zero-order valence-corrected chi connectivity index (χ0v) is 12.9. The van der Waals surface area contributed by atoms with E-state index in [0.717, 1.165) is 29.7 Å². The Morgan fingerprint density at radius 1 is 1.36 bits per heavy atom. The summed E-state index contributed by atoms with van der Waals surface area (Å²) in [6.45, 7) is 0.927. The molecule has 1 saturated carbocycles. The van der Waals surface area contributed by atoms with Crippen LogP contribution >= 0.6 is 11.6 Å². The van der Waals surface area contributed by atoms with Crippen LogP contribution in [0.15, 0.2) is 12.1 Å². The Hall–Kier alpha value is -1.75. The highest BCUT2D eigenvalue weighted by molar-refractivity contribution is 6.30. The van der Waals surface area contributed by atoms with Crippen molar-refractivity contribution in [3.63, 3.8) is 0 Å². The van der Waals surface area contributed by atoms with E-state index in [1.807, 2.05) is 6.07 Å². The van der Waals surface area contributed by atoms with E-state index in [4.69, 9.17) is 16.3 Å². The summed E-state index contributed by atoms with van der Waals surface area (Å²) in [5, 5.41) is 12.7. The fourth-order valence-electron chi connectivity index (χ4n) is 3.11. The lowest BCUT2D eigenvalue weighted by Gasteiger charge is -2.36. The van der Waals surface area contributed by atoms with Gasteiger partial charge < -0.3 is 15.2 Å². The number of nitrogens with one attached hydrogen (secondary N) is 1. The topological polar surface area (TPSA) is 75.6 Å². The maximum absolute atomic E-state index is 12.1. The van der Waals surface area contributed by atoms with Gasteiger partial charge >= 0.3 is 5.97 Å². The Morgan fingerprint density at radius 3 is 2.77 bits per heavy atom. The molecule has 118 valence electrons. The van der Waals surface area contributed by atoms with E-state index < -0.39 is 11.4 Å². The summed E-state index contributed by atoms with van der Waals surface area (Å²) in [7, 11) is 0. The number of aliphatic carboxylic acids is 1. The van der Waals surface area contributed by atoms with Gasteiger partial charge in [0.25, 0.3) is 0 Å². The Balaban J connectivity index is 1.63. The van der Waals surface area contributed by atoms with Crippen LogP contribution in [-0.4, -0.2) is 23.6 Å². The van der Waals surface area contributed by atoms with Crippen molar-refractivity contribution in [2.45, 2.75) is 38.6 Å². The molecular weight excluding hydrogens is 306 g/mol. The third-order valence-corrected chi connectivity index (χ3v) is 4.78. The van der Waals surface area contributed by atoms with Crippen molar-refractivity contribution < 1.29 is 19.4 Å². The van der Waals surface area contributed by atoms with Crippen LogP contribution in [-0.2, 0) is 22.6 Å². The largest absolute Gasteiger partial charge is 0.493 e. The molecule has 1 fully saturated rings. The Morgan fingerprint density at radius 2 is 2.14 bits per heavy atom. The molecule has 1 aromatic carbocycles. The van der Waals surface area contributed by atoms with Crippen LogP contribution in [0.5, 0.6) is 5.75 Å². The first-order chi connectivity index (χ1) is 10.5. The number of benzene rings is 1. The zero-order valence-electron chi connectivity index (χ0n) is 12.2. The Bertz CT molecular complexity index is 625. The SMILES string of the molecule is O=C(CC1(C(=O)O)CCC1)NCc1cc(Cl)cc2c1OCC2. The van der Waals surface area contributed by atoms with Crippen molar-refractivity contribution in [3.05, 3.63) is 28.3 Å². The van der Waals surface area contributed by atoms with Gasteiger partial charge in [0, 0.05) is 30.0 Å². The summed E-state index contributed by atoms with van der Waals surface area (Å²) in [6.07, 6.45) is 2.87. The van der Waals surface area contributed by atoms with Gasteiger partial charge in [-0.05, 0) is 30.5 Å². The maximum Gasteiger partial charge on any atom is 0.310 e. The molecule has 1 aliphatic heterocycles. The lowest BCUT2D eigenvalue weighted by atomic mass is 9.66. The second-order valence-electron chi connectivity index (χ2n) is 6.04. The molecule has 0 saturated heterocycles. The summed E-state index contributed by atoms with van der Waals surface area (Å²) in [6, 6.07) is 3.66. The Labute approximate surface area is 133 Å². The molecule has 2 N–H and O–H groups in total. The van der Waals surface area contributed by atoms with E-state index in [9.17, 15) is 14.7 Å². The van der Waals surface area contributed by atoms with Crippen LogP contribution in [0.1, 0.15) is 36.8 Å². The van der Waals surface area contributed by atoms with Gasteiger partial charge in [-0.25, -0.2) is 0 Å². The number of ether oxygens (including phenoxy) is 1. The molecule has 0 radical (unpaired) electrons. The number of hydrogen-bond acceptors (Lipinski definition) is 3. The van der Waals surface area contributed by atoms with E-state index in [1.54, 1.807) is 6.07 Å². The minimum Gasteiger partial charge on any atom is -0.493 e. The quantitative estimate of drug-likeness (QED) is 0.873. The average molecular weight is 324 g/mol. The zero-order chi connectivity index (χ0) is 15.7. The van der Waals surface area contributed by atoms with E-state index in [0.29, 0.717) is 31.0 Å². The first-order valence-corrected chi connectivity index (χ1v) is 7.82. The van der Waals surface area contributed by atoms with Gasteiger partial charge in [-0.1, -0.05) is 18.0 Å². The van der Waals surface area contributed by atoms with Crippen LogP contribution in [0.25, 0.3) is 0 Å². The average Bonchev–Trinajstić information content (AvgIpc) is 2.87. The van der Waals surface area contributed by atoms with Gasteiger partial charge in [-0.2, -0.15) is 0 Å². The van der Waals surface area contributed by atoms with Gasteiger partial charge in [0.2, 0.25) is 5.91 Å². The van der Waals surface area contributed by atoms with E-state index in [1.165, 1.54) is 0 Å². The number of amides is 1. The third-order valence-electron chi connectivity index (χ3n) is 4.56. The molecule has 1 aliphatic carbocycles. The van der Waals surface area contributed by atoms with Crippen LogP contribution in [0, 0.1) is 5.41 Å². The fraction of sp³-hybridized carbons (Fsp3) is 0.500. The summed E-state index contributed by atoms with van der Waals surface area (Å²) in [5.41, 5.74) is 1.03. The van der Waals surface area contributed by atoms with Gasteiger partial charge in [0.15, 0.2) is 0 Å². The number of fused-ring (bicyclic) bond motifs is 1. The van der Waals surface area contributed by atoms with E-state index >= 15 is 0 Å². The first-order valence-electron chi connectivity index (χ1n) is 7.44. The van der Waals surface area contributed by atoms with Crippen molar-refractivity contribution in [2.75, 3.05) is 6.61 Å². The van der Waals surface area contributed by atoms with Crippen molar-refractivity contribution in [1.82, 2.24) is 5.32 Å². The molecule has 0 unspecified atom stereocenters. The summed E-state index contributed by atoms with van der Waals surface area (Å²) in [5.74, 6) is -0.323. The van der Waals surface area contributed by atoms with Crippen molar-refractivity contribution in [3.8, 4) is 5.75 Å². The second kappa shape index (κ2) is 5.80.